The standard InChI is InChI=1S/C17H18F2N2/c18-17(19)8-10-21(11-9-17)16-12-14(6-7-15(16)20)13-4-2-1-3-5-13/h1-7,12H,8-11,20H2. The maximum absolute atomic E-state index is 13.3. The van der Waals surface area contributed by atoms with E-state index in [0.29, 0.717) is 18.8 Å². The number of nitrogen functional groups attached to an aromatic ring is 1. The summed E-state index contributed by atoms with van der Waals surface area (Å²) in [4.78, 5) is 1.96. The number of hydrogen-bond acceptors (Lipinski definition) is 2. The fraction of sp³-hybridized carbons (Fsp3) is 0.294. The second-order valence-electron chi connectivity index (χ2n) is 5.48. The molecule has 3 rings (SSSR count). The molecule has 21 heavy (non-hydrogen) atoms. The van der Waals surface area contributed by atoms with Crippen LogP contribution in [0.5, 0.6) is 0 Å². The van der Waals surface area contributed by atoms with Gasteiger partial charge >= 0.3 is 0 Å². The summed E-state index contributed by atoms with van der Waals surface area (Å²) in [6.07, 6.45) is -0.218. The highest BCUT2D eigenvalue weighted by atomic mass is 19.3. The Balaban J connectivity index is 1.89. The number of piperidine rings is 1. The number of nitrogens with zero attached hydrogens (tertiary/aromatic N) is 1. The minimum atomic E-state index is -2.54. The summed E-state index contributed by atoms with van der Waals surface area (Å²) in [5, 5.41) is 0. The molecule has 0 spiro atoms. The normalized spacial score (nSPS) is 17.7. The molecule has 1 aliphatic rings. The van der Waals surface area contributed by atoms with Crippen molar-refractivity contribution in [3.8, 4) is 11.1 Å². The molecule has 1 saturated heterocycles. The van der Waals surface area contributed by atoms with Crippen molar-refractivity contribution in [2.24, 2.45) is 0 Å². The van der Waals surface area contributed by atoms with Crippen LogP contribution in [0.2, 0.25) is 0 Å². The fourth-order valence-electron chi connectivity index (χ4n) is 2.70. The first-order valence-electron chi connectivity index (χ1n) is 7.13. The highest BCUT2D eigenvalue weighted by Gasteiger charge is 2.34. The van der Waals surface area contributed by atoms with Crippen molar-refractivity contribution in [3.05, 3.63) is 48.5 Å². The van der Waals surface area contributed by atoms with Crippen LogP contribution in [0, 0.1) is 0 Å². The summed E-state index contributed by atoms with van der Waals surface area (Å²) < 4.78 is 26.6. The van der Waals surface area contributed by atoms with E-state index in [4.69, 9.17) is 5.73 Å². The predicted octanol–water partition coefficient (Wildman–Crippen LogP) is 4.17. The summed E-state index contributed by atoms with van der Waals surface area (Å²) in [7, 11) is 0. The zero-order chi connectivity index (χ0) is 14.9. The van der Waals surface area contributed by atoms with Gasteiger partial charge in [0.15, 0.2) is 0 Å². The molecule has 0 saturated carbocycles. The second kappa shape index (κ2) is 5.35. The van der Waals surface area contributed by atoms with E-state index < -0.39 is 5.92 Å². The third kappa shape index (κ3) is 2.99. The Morgan fingerprint density at radius 2 is 1.57 bits per heavy atom. The van der Waals surface area contributed by atoms with E-state index in [1.54, 1.807) is 0 Å². The molecule has 1 heterocycles. The van der Waals surface area contributed by atoms with Crippen LogP contribution in [0.1, 0.15) is 12.8 Å². The lowest BCUT2D eigenvalue weighted by Crippen LogP contribution is -2.39. The van der Waals surface area contributed by atoms with Gasteiger partial charge in [0.1, 0.15) is 0 Å². The highest BCUT2D eigenvalue weighted by molar-refractivity contribution is 5.77. The van der Waals surface area contributed by atoms with Gasteiger partial charge in [-0.25, -0.2) is 8.78 Å². The largest absolute Gasteiger partial charge is 0.397 e. The van der Waals surface area contributed by atoms with Crippen LogP contribution in [0.25, 0.3) is 11.1 Å². The third-order valence-corrected chi connectivity index (χ3v) is 3.97. The quantitative estimate of drug-likeness (QED) is 0.840. The lowest BCUT2D eigenvalue weighted by molar-refractivity contribution is -0.0220. The first kappa shape index (κ1) is 13.9. The van der Waals surface area contributed by atoms with Gasteiger partial charge in [0.25, 0.3) is 5.92 Å². The SMILES string of the molecule is Nc1ccc(-c2ccccc2)cc1N1CCC(F)(F)CC1. The van der Waals surface area contributed by atoms with Crippen LogP contribution in [0.3, 0.4) is 0 Å². The average Bonchev–Trinajstić information content (AvgIpc) is 2.49. The predicted molar refractivity (Wildman–Crippen MR) is 82.7 cm³/mol. The molecule has 0 aromatic heterocycles. The molecule has 0 bridgehead atoms. The van der Waals surface area contributed by atoms with Crippen molar-refractivity contribution in [2.45, 2.75) is 18.8 Å². The van der Waals surface area contributed by atoms with E-state index in [1.165, 1.54) is 0 Å². The molecule has 110 valence electrons. The Morgan fingerprint density at radius 1 is 0.905 bits per heavy atom. The van der Waals surface area contributed by atoms with Gasteiger partial charge in [-0.15, -0.1) is 0 Å². The molecule has 0 amide bonds. The molecule has 2 aromatic carbocycles. The highest BCUT2D eigenvalue weighted by Crippen LogP contribution is 2.35. The molecule has 1 aliphatic heterocycles. The number of rotatable bonds is 2. The van der Waals surface area contributed by atoms with Gasteiger partial charge in [0, 0.05) is 25.9 Å². The van der Waals surface area contributed by atoms with Gasteiger partial charge in [-0.2, -0.15) is 0 Å². The topological polar surface area (TPSA) is 29.3 Å². The molecule has 4 heteroatoms. The van der Waals surface area contributed by atoms with Crippen molar-refractivity contribution >= 4 is 11.4 Å². The Bertz CT molecular complexity index is 616. The lowest BCUT2D eigenvalue weighted by atomic mass is 10.0. The third-order valence-electron chi connectivity index (χ3n) is 3.97. The molecule has 0 radical (unpaired) electrons. The van der Waals surface area contributed by atoms with Gasteiger partial charge in [-0.1, -0.05) is 36.4 Å². The molecular weight excluding hydrogens is 270 g/mol. The summed E-state index contributed by atoms with van der Waals surface area (Å²) in [6, 6.07) is 15.8. The Kier molecular flexibility index (Phi) is 3.53. The zero-order valence-corrected chi connectivity index (χ0v) is 11.7. The van der Waals surface area contributed by atoms with E-state index >= 15 is 0 Å². The first-order chi connectivity index (χ1) is 10.1. The van der Waals surface area contributed by atoms with E-state index in [0.717, 1.165) is 16.8 Å². The Labute approximate surface area is 123 Å². The van der Waals surface area contributed by atoms with Crippen LogP contribution in [-0.2, 0) is 0 Å². The van der Waals surface area contributed by atoms with Gasteiger partial charge in [0.2, 0.25) is 0 Å². The summed E-state index contributed by atoms with van der Waals surface area (Å²) >= 11 is 0. The van der Waals surface area contributed by atoms with Crippen molar-refractivity contribution in [1.29, 1.82) is 0 Å². The van der Waals surface area contributed by atoms with E-state index in [1.807, 2.05) is 53.4 Å². The molecule has 2 nitrogen and oxygen atoms in total. The zero-order valence-electron chi connectivity index (χ0n) is 11.7. The summed E-state index contributed by atoms with van der Waals surface area (Å²) in [5.41, 5.74) is 9.68. The number of hydrogen-bond donors (Lipinski definition) is 1. The molecule has 2 aromatic rings. The average molecular weight is 288 g/mol. The number of benzene rings is 2. The van der Waals surface area contributed by atoms with Crippen molar-refractivity contribution < 1.29 is 8.78 Å². The van der Waals surface area contributed by atoms with Crippen molar-refractivity contribution in [2.75, 3.05) is 23.7 Å². The number of alkyl halides is 2. The first-order valence-corrected chi connectivity index (χ1v) is 7.13. The Morgan fingerprint density at radius 3 is 2.24 bits per heavy atom. The van der Waals surface area contributed by atoms with Crippen LogP contribution in [0.4, 0.5) is 20.2 Å². The monoisotopic (exact) mass is 288 g/mol. The van der Waals surface area contributed by atoms with Crippen LogP contribution >= 0.6 is 0 Å². The molecule has 0 unspecified atom stereocenters. The van der Waals surface area contributed by atoms with Crippen LogP contribution in [-0.4, -0.2) is 19.0 Å². The van der Waals surface area contributed by atoms with E-state index in [9.17, 15) is 8.78 Å². The number of halogens is 2. The molecular formula is C17H18F2N2. The second-order valence-corrected chi connectivity index (χ2v) is 5.48. The number of anilines is 2. The molecule has 0 aliphatic carbocycles. The summed E-state index contributed by atoms with van der Waals surface area (Å²) in [6.45, 7) is 0.685. The van der Waals surface area contributed by atoms with Crippen LogP contribution < -0.4 is 10.6 Å². The van der Waals surface area contributed by atoms with Gasteiger partial charge < -0.3 is 10.6 Å². The summed E-state index contributed by atoms with van der Waals surface area (Å²) in [5.74, 6) is -2.54. The van der Waals surface area contributed by atoms with E-state index in [2.05, 4.69) is 0 Å². The van der Waals surface area contributed by atoms with Crippen LogP contribution in [0.15, 0.2) is 48.5 Å². The molecule has 0 atom stereocenters. The van der Waals surface area contributed by atoms with Gasteiger partial charge in [0.05, 0.1) is 11.4 Å². The van der Waals surface area contributed by atoms with Gasteiger partial charge in [-0.05, 0) is 23.3 Å². The maximum Gasteiger partial charge on any atom is 0.251 e. The van der Waals surface area contributed by atoms with E-state index in [-0.39, 0.29) is 12.8 Å². The van der Waals surface area contributed by atoms with Crippen molar-refractivity contribution in [3.63, 3.8) is 0 Å². The molecule has 2 N–H and O–H groups in total. The number of nitrogens with two attached hydrogens (primary N) is 1. The fourth-order valence-corrected chi connectivity index (χ4v) is 2.70. The van der Waals surface area contributed by atoms with Crippen molar-refractivity contribution in [1.82, 2.24) is 0 Å². The smallest absolute Gasteiger partial charge is 0.251 e. The lowest BCUT2D eigenvalue weighted by Gasteiger charge is -2.34. The Hall–Kier alpha value is -2.10. The minimum absolute atomic E-state index is 0.109. The molecule has 1 fully saturated rings. The minimum Gasteiger partial charge on any atom is -0.397 e. The van der Waals surface area contributed by atoms with Gasteiger partial charge in [-0.3, -0.25) is 0 Å². The maximum atomic E-state index is 13.3.